The maximum atomic E-state index is 10.1. The quantitative estimate of drug-likeness (QED) is 0.513. The average molecular weight is 254 g/mol. The minimum atomic E-state index is -0.968. The second-order valence-corrected chi connectivity index (χ2v) is 5.71. The Kier molecular flexibility index (Phi) is 8.31. The molecule has 0 radical (unpaired) electrons. The van der Waals surface area contributed by atoms with E-state index in [1.165, 1.54) is 0 Å². The van der Waals surface area contributed by atoms with Gasteiger partial charge < -0.3 is 10.2 Å². The van der Waals surface area contributed by atoms with Crippen LogP contribution >= 0.6 is 0 Å². The molecule has 0 aromatic heterocycles. The summed E-state index contributed by atoms with van der Waals surface area (Å²) in [6.07, 6.45) is 7.83. The second-order valence-electron chi connectivity index (χ2n) is 5.71. The third-order valence-corrected chi connectivity index (χ3v) is 3.14. The average Bonchev–Trinajstić information content (AvgIpc) is 2.27. The Bertz CT molecular complexity index is 243. The highest BCUT2D eigenvalue weighted by Crippen LogP contribution is 2.17. The van der Waals surface area contributed by atoms with Crippen molar-refractivity contribution in [1.29, 1.82) is 0 Å². The highest BCUT2D eigenvalue weighted by atomic mass is 16.3. The van der Waals surface area contributed by atoms with Gasteiger partial charge in [0.25, 0.3) is 0 Å². The molecule has 0 amide bonds. The molecule has 0 saturated carbocycles. The summed E-state index contributed by atoms with van der Waals surface area (Å²) in [5.74, 6) is 5.68. The highest BCUT2D eigenvalue weighted by molar-refractivity contribution is 5.19. The summed E-state index contributed by atoms with van der Waals surface area (Å²) in [6.45, 7) is 7.74. The van der Waals surface area contributed by atoms with E-state index in [1.54, 1.807) is 13.8 Å². The first-order chi connectivity index (χ1) is 8.33. The molecule has 2 heteroatoms. The van der Waals surface area contributed by atoms with Gasteiger partial charge in [0.05, 0.1) is 0 Å². The van der Waals surface area contributed by atoms with Gasteiger partial charge in [-0.3, -0.25) is 0 Å². The van der Waals surface area contributed by atoms with Gasteiger partial charge in [-0.05, 0) is 39.5 Å². The number of unbranched alkanes of at least 4 members (excludes halogenated alkanes) is 4. The molecule has 0 heterocycles. The smallest absolute Gasteiger partial charge is 0.122 e. The molecule has 0 rings (SSSR count). The molecule has 18 heavy (non-hydrogen) atoms. The third-order valence-electron chi connectivity index (χ3n) is 3.14. The lowest BCUT2D eigenvalue weighted by Gasteiger charge is -2.19. The van der Waals surface area contributed by atoms with Crippen molar-refractivity contribution in [3.63, 3.8) is 0 Å². The molecule has 106 valence electrons. The Balaban J connectivity index is 4.24. The van der Waals surface area contributed by atoms with E-state index in [2.05, 4.69) is 25.7 Å². The van der Waals surface area contributed by atoms with Crippen LogP contribution in [-0.2, 0) is 0 Å². The largest absolute Gasteiger partial charge is 0.378 e. The van der Waals surface area contributed by atoms with E-state index < -0.39 is 11.2 Å². The number of hydrogen-bond acceptors (Lipinski definition) is 2. The minimum absolute atomic E-state index is 0.679. The molecule has 0 aliphatic heterocycles. The predicted molar refractivity (Wildman–Crippen MR) is 77.3 cm³/mol. The van der Waals surface area contributed by atoms with Crippen molar-refractivity contribution >= 4 is 0 Å². The van der Waals surface area contributed by atoms with E-state index in [9.17, 15) is 10.2 Å². The second kappa shape index (κ2) is 8.56. The molecular formula is C16H30O2. The molecule has 2 N–H and O–H groups in total. The predicted octanol–water partition coefficient (Wildman–Crippen LogP) is 3.65. The van der Waals surface area contributed by atoms with Crippen LogP contribution in [0, 0.1) is 11.8 Å². The van der Waals surface area contributed by atoms with Crippen molar-refractivity contribution in [1.82, 2.24) is 0 Å². The SMILES string of the molecule is CCCCC[C@@](C)(O)C#C[C@@](C)(O)CCCCC. The summed E-state index contributed by atoms with van der Waals surface area (Å²) in [7, 11) is 0. The Hall–Kier alpha value is -0.520. The lowest BCUT2D eigenvalue weighted by atomic mass is 9.94. The monoisotopic (exact) mass is 254 g/mol. The van der Waals surface area contributed by atoms with E-state index in [0.717, 1.165) is 38.5 Å². The van der Waals surface area contributed by atoms with Crippen molar-refractivity contribution in [2.45, 2.75) is 90.3 Å². The summed E-state index contributed by atoms with van der Waals surface area (Å²) in [5, 5.41) is 20.2. The van der Waals surface area contributed by atoms with Gasteiger partial charge in [-0.2, -0.15) is 0 Å². The summed E-state index contributed by atoms with van der Waals surface area (Å²) >= 11 is 0. The summed E-state index contributed by atoms with van der Waals surface area (Å²) in [6, 6.07) is 0. The van der Waals surface area contributed by atoms with Gasteiger partial charge >= 0.3 is 0 Å². The normalized spacial score (nSPS) is 17.4. The molecule has 0 aromatic carbocycles. The van der Waals surface area contributed by atoms with E-state index in [0.29, 0.717) is 12.8 Å². The number of rotatable bonds is 8. The standard InChI is InChI=1S/C16H30O2/c1-5-7-9-11-15(3,17)13-14-16(4,18)12-10-8-6-2/h17-18H,5-12H2,1-4H3/t15-,16+. The first-order valence-corrected chi connectivity index (χ1v) is 7.32. The number of aliphatic hydroxyl groups is 2. The highest BCUT2D eigenvalue weighted by Gasteiger charge is 2.20. The van der Waals surface area contributed by atoms with Crippen LogP contribution in [0.3, 0.4) is 0 Å². The van der Waals surface area contributed by atoms with Crippen LogP contribution in [-0.4, -0.2) is 21.4 Å². The molecule has 0 bridgehead atoms. The maximum absolute atomic E-state index is 10.1. The fourth-order valence-electron chi connectivity index (χ4n) is 1.83. The van der Waals surface area contributed by atoms with Crippen LogP contribution in [0.5, 0.6) is 0 Å². The van der Waals surface area contributed by atoms with Crippen LogP contribution in [0.1, 0.15) is 79.1 Å². The fraction of sp³-hybridized carbons (Fsp3) is 0.875. The van der Waals surface area contributed by atoms with Gasteiger partial charge in [-0.1, -0.05) is 51.4 Å². The first kappa shape index (κ1) is 17.5. The van der Waals surface area contributed by atoms with Crippen molar-refractivity contribution in [2.75, 3.05) is 0 Å². The van der Waals surface area contributed by atoms with Crippen LogP contribution in [0.2, 0.25) is 0 Å². The lowest BCUT2D eigenvalue weighted by Crippen LogP contribution is -2.26. The van der Waals surface area contributed by atoms with Gasteiger partial charge in [0, 0.05) is 0 Å². The summed E-state index contributed by atoms with van der Waals surface area (Å²) < 4.78 is 0. The van der Waals surface area contributed by atoms with Gasteiger partial charge in [0.15, 0.2) is 0 Å². The van der Waals surface area contributed by atoms with Crippen molar-refractivity contribution < 1.29 is 10.2 Å². The molecule has 0 aliphatic rings. The zero-order chi connectivity index (χ0) is 14.1. The van der Waals surface area contributed by atoms with E-state index >= 15 is 0 Å². The molecule has 2 nitrogen and oxygen atoms in total. The molecule has 2 atom stereocenters. The van der Waals surface area contributed by atoms with Gasteiger partial charge in [0.2, 0.25) is 0 Å². The molecule has 0 aromatic rings. The Morgan fingerprint density at radius 1 is 0.722 bits per heavy atom. The van der Waals surface area contributed by atoms with E-state index in [1.807, 2.05) is 0 Å². The van der Waals surface area contributed by atoms with Crippen LogP contribution in [0.4, 0.5) is 0 Å². The Morgan fingerprint density at radius 3 is 1.33 bits per heavy atom. The topological polar surface area (TPSA) is 40.5 Å². The third kappa shape index (κ3) is 9.50. The first-order valence-electron chi connectivity index (χ1n) is 7.32. The molecule has 0 unspecified atom stereocenters. The van der Waals surface area contributed by atoms with Crippen molar-refractivity contribution in [3.05, 3.63) is 0 Å². The van der Waals surface area contributed by atoms with Crippen LogP contribution < -0.4 is 0 Å². The molecule has 0 saturated heterocycles. The minimum Gasteiger partial charge on any atom is -0.378 e. The summed E-state index contributed by atoms with van der Waals surface area (Å²) in [4.78, 5) is 0. The van der Waals surface area contributed by atoms with Crippen LogP contribution in [0.15, 0.2) is 0 Å². The van der Waals surface area contributed by atoms with Gasteiger partial charge in [0.1, 0.15) is 11.2 Å². The van der Waals surface area contributed by atoms with Crippen LogP contribution in [0.25, 0.3) is 0 Å². The van der Waals surface area contributed by atoms with Crippen molar-refractivity contribution in [2.24, 2.45) is 0 Å². The molecule has 0 fully saturated rings. The van der Waals surface area contributed by atoms with E-state index in [-0.39, 0.29) is 0 Å². The Morgan fingerprint density at radius 2 is 1.06 bits per heavy atom. The number of hydrogen-bond donors (Lipinski definition) is 2. The fourth-order valence-corrected chi connectivity index (χ4v) is 1.83. The zero-order valence-corrected chi connectivity index (χ0v) is 12.6. The van der Waals surface area contributed by atoms with Gasteiger partial charge in [-0.25, -0.2) is 0 Å². The van der Waals surface area contributed by atoms with Crippen molar-refractivity contribution in [3.8, 4) is 11.8 Å². The Labute approximate surface area is 113 Å². The van der Waals surface area contributed by atoms with Gasteiger partial charge in [-0.15, -0.1) is 0 Å². The van der Waals surface area contributed by atoms with E-state index in [4.69, 9.17) is 0 Å². The molecule has 0 spiro atoms. The molecular weight excluding hydrogens is 224 g/mol. The summed E-state index contributed by atoms with van der Waals surface area (Å²) in [5.41, 5.74) is -1.94. The lowest BCUT2D eigenvalue weighted by molar-refractivity contribution is 0.0970. The molecule has 0 aliphatic carbocycles. The maximum Gasteiger partial charge on any atom is 0.122 e. The zero-order valence-electron chi connectivity index (χ0n) is 12.6.